The van der Waals surface area contributed by atoms with Gasteiger partial charge in [0.25, 0.3) is 5.91 Å². The van der Waals surface area contributed by atoms with Crippen molar-refractivity contribution in [2.75, 3.05) is 11.1 Å². The van der Waals surface area contributed by atoms with E-state index in [4.69, 9.17) is 5.73 Å². The number of hydrogen-bond donors (Lipinski definition) is 2. The lowest BCUT2D eigenvalue weighted by Gasteiger charge is -2.07. The zero-order valence-corrected chi connectivity index (χ0v) is 11.1. The predicted octanol–water partition coefficient (Wildman–Crippen LogP) is 2.10. The van der Waals surface area contributed by atoms with Crippen LogP contribution in [0.5, 0.6) is 0 Å². The third-order valence-corrected chi connectivity index (χ3v) is 2.92. The molecule has 2 heterocycles. The van der Waals surface area contributed by atoms with Crippen LogP contribution in [0, 0.1) is 0 Å². The molecule has 1 aromatic carbocycles. The number of nitrogens with two attached hydrogens (primary N) is 1. The standard InChI is InChI=1S/C15H13N5O/c16-12-3-1-2-11(8-12)15(21)19-13-4-5-14(18-9-13)20-7-6-17-10-20/h1-10H,16H2,(H,19,21). The van der Waals surface area contributed by atoms with Crippen LogP contribution < -0.4 is 11.1 Å². The molecule has 1 amide bonds. The van der Waals surface area contributed by atoms with Crippen LogP contribution in [-0.2, 0) is 0 Å². The van der Waals surface area contributed by atoms with Gasteiger partial charge in [-0.15, -0.1) is 0 Å². The van der Waals surface area contributed by atoms with E-state index in [2.05, 4.69) is 15.3 Å². The molecule has 0 bridgehead atoms. The second kappa shape index (κ2) is 5.46. The Hall–Kier alpha value is -3.15. The lowest BCUT2D eigenvalue weighted by Crippen LogP contribution is -2.12. The maximum absolute atomic E-state index is 12.1. The maximum Gasteiger partial charge on any atom is 0.255 e. The summed E-state index contributed by atoms with van der Waals surface area (Å²) in [5.74, 6) is 0.508. The first kappa shape index (κ1) is 12.9. The normalized spacial score (nSPS) is 10.3. The van der Waals surface area contributed by atoms with E-state index in [-0.39, 0.29) is 5.91 Å². The summed E-state index contributed by atoms with van der Waals surface area (Å²) in [4.78, 5) is 20.3. The second-order valence-corrected chi connectivity index (χ2v) is 4.45. The number of pyridine rings is 1. The fourth-order valence-corrected chi connectivity index (χ4v) is 1.89. The molecule has 3 aromatic rings. The van der Waals surface area contributed by atoms with Gasteiger partial charge in [-0.25, -0.2) is 9.97 Å². The van der Waals surface area contributed by atoms with Crippen molar-refractivity contribution in [3.8, 4) is 5.82 Å². The fourth-order valence-electron chi connectivity index (χ4n) is 1.89. The van der Waals surface area contributed by atoms with Gasteiger partial charge in [0.2, 0.25) is 0 Å². The minimum Gasteiger partial charge on any atom is -0.399 e. The van der Waals surface area contributed by atoms with Gasteiger partial charge >= 0.3 is 0 Å². The molecule has 0 fully saturated rings. The van der Waals surface area contributed by atoms with E-state index in [0.29, 0.717) is 16.9 Å². The summed E-state index contributed by atoms with van der Waals surface area (Å²) >= 11 is 0. The minimum absolute atomic E-state index is 0.223. The van der Waals surface area contributed by atoms with Crippen molar-refractivity contribution in [3.05, 3.63) is 66.9 Å². The van der Waals surface area contributed by atoms with Crippen LogP contribution in [0.3, 0.4) is 0 Å². The quantitative estimate of drug-likeness (QED) is 0.719. The minimum atomic E-state index is -0.223. The summed E-state index contributed by atoms with van der Waals surface area (Å²) in [7, 11) is 0. The average Bonchev–Trinajstić information content (AvgIpc) is 3.02. The number of imidazole rings is 1. The lowest BCUT2D eigenvalue weighted by atomic mass is 10.2. The number of rotatable bonds is 3. The number of carbonyl (C=O) groups is 1. The van der Waals surface area contributed by atoms with Crippen molar-refractivity contribution in [2.24, 2.45) is 0 Å². The smallest absolute Gasteiger partial charge is 0.255 e. The highest BCUT2D eigenvalue weighted by molar-refractivity contribution is 6.04. The van der Waals surface area contributed by atoms with Gasteiger partial charge in [0, 0.05) is 23.6 Å². The van der Waals surface area contributed by atoms with Crippen LogP contribution in [0.25, 0.3) is 5.82 Å². The molecule has 0 aliphatic rings. The Morgan fingerprint density at radius 2 is 2.14 bits per heavy atom. The van der Waals surface area contributed by atoms with Gasteiger partial charge in [-0.3, -0.25) is 9.36 Å². The third kappa shape index (κ3) is 2.89. The zero-order chi connectivity index (χ0) is 14.7. The number of aromatic nitrogens is 3. The highest BCUT2D eigenvalue weighted by Gasteiger charge is 2.06. The second-order valence-electron chi connectivity index (χ2n) is 4.45. The van der Waals surface area contributed by atoms with Crippen LogP contribution in [-0.4, -0.2) is 20.4 Å². The number of anilines is 2. The van der Waals surface area contributed by atoms with Gasteiger partial charge in [-0.2, -0.15) is 0 Å². The Labute approximate surface area is 121 Å². The number of carbonyl (C=O) groups excluding carboxylic acids is 1. The molecule has 0 radical (unpaired) electrons. The lowest BCUT2D eigenvalue weighted by molar-refractivity contribution is 0.102. The number of nitrogens with zero attached hydrogens (tertiary/aromatic N) is 3. The molecule has 0 aliphatic heterocycles. The van der Waals surface area contributed by atoms with E-state index in [1.54, 1.807) is 65.9 Å². The van der Waals surface area contributed by atoms with Crippen LogP contribution in [0.1, 0.15) is 10.4 Å². The molecule has 0 spiro atoms. The zero-order valence-electron chi connectivity index (χ0n) is 11.1. The van der Waals surface area contributed by atoms with Crippen LogP contribution in [0.15, 0.2) is 61.3 Å². The number of nitrogens with one attached hydrogen (secondary N) is 1. The number of benzene rings is 1. The van der Waals surface area contributed by atoms with Crippen molar-refractivity contribution in [1.29, 1.82) is 0 Å². The molecule has 0 saturated carbocycles. The fraction of sp³-hybridized carbons (Fsp3) is 0. The summed E-state index contributed by atoms with van der Waals surface area (Å²) in [6.07, 6.45) is 6.73. The highest BCUT2D eigenvalue weighted by atomic mass is 16.1. The predicted molar refractivity (Wildman–Crippen MR) is 80.2 cm³/mol. The Morgan fingerprint density at radius 3 is 2.81 bits per heavy atom. The first-order valence-electron chi connectivity index (χ1n) is 6.34. The Kier molecular flexibility index (Phi) is 3.34. The van der Waals surface area contributed by atoms with Crippen molar-refractivity contribution in [3.63, 3.8) is 0 Å². The van der Waals surface area contributed by atoms with Gasteiger partial charge in [-0.1, -0.05) is 6.07 Å². The van der Waals surface area contributed by atoms with E-state index in [1.165, 1.54) is 0 Å². The van der Waals surface area contributed by atoms with Crippen LogP contribution in [0.4, 0.5) is 11.4 Å². The molecule has 2 aromatic heterocycles. The highest BCUT2D eigenvalue weighted by Crippen LogP contribution is 2.12. The monoisotopic (exact) mass is 279 g/mol. The molecule has 0 atom stereocenters. The van der Waals surface area contributed by atoms with Gasteiger partial charge in [-0.05, 0) is 30.3 Å². The van der Waals surface area contributed by atoms with E-state index < -0.39 is 0 Å². The molecule has 6 heteroatoms. The van der Waals surface area contributed by atoms with Crippen molar-refractivity contribution >= 4 is 17.3 Å². The summed E-state index contributed by atoms with van der Waals surface area (Å²) < 4.78 is 1.78. The van der Waals surface area contributed by atoms with Gasteiger partial charge in [0.05, 0.1) is 11.9 Å². The summed E-state index contributed by atoms with van der Waals surface area (Å²) in [6.45, 7) is 0. The maximum atomic E-state index is 12.1. The first-order valence-corrected chi connectivity index (χ1v) is 6.34. The molecule has 104 valence electrons. The molecule has 0 unspecified atom stereocenters. The van der Waals surface area contributed by atoms with Gasteiger partial charge < -0.3 is 11.1 Å². The van der Waals surface area contributed by atoms with Crippen molar-refractivity contribution in [1.82, 2.24) is 14.5 Å². The van der Waals surface area contributed by atoms with Gasteiger partial charge in [0.1, 0.15) is 12.1 Å². The molecule has 3 rings (SSSR count). The Morgan fingerprint density at radius 1 is 1.24 bits per heavy atom. The SMILES string of the molecule is Nc1cccc(C(=O)Nc2ccc(-n3ccnc3)nc2)c1. The van der Waals surface area contributed by atoms with Gasteiger partial charge in [0.15, 0.2) is 0 Å². The number of hydrogen-bond acceptors (Lipinski definition) is 4. The van der Waals surface area contributed by atoms with E-state index in [0.717, 1.165) is 5.82 Å². The summed E-state index contributed by atoms with van der Waals surface area (Å²) in [5, 5.41) is 2.78. The van der Waals surface area contributed by atoms with Crippen LogP contribution in [0.2, 0.25) is 0 Å². The molecule has 3 N–H and O–H groups in total. The first-order chi connectivity index (χ1) is 10.2. The Bertz CT molecular complexity index is 750. The number of nitrogen functional groups attached to an aromatic ring is 1. The van der Waals surface area contributed by atoms with E-state index in [9.17, 15) is 4.79 Å². The molecular weight excluding hydrogens is 266 g/mol. The molecule has 0 aliphatic carbocycles. The van der Waals surface area contributed by atoms with Crippen molar-refractivity contribution < 1.29 is 4.79 Å². The molecule has 21 heavy (non-hydrogen) atoms. The summed E-state index contributed by atoms with van der Waals surface area (Å²) in [6, 6.07) is 10.4. The number of amides is 1. The van der Waals surface area contributed by atoms with Crippen molar-refractivity contribution in [2.45, 2.75) is 0 Å². The molecule has 0 saturated heterocycles. The van der Waals surface area contributed by atoms with E-state index in [1.807, 2.05) is 0 Å². The third-order valence-electron chi connectivity index (χ3n) is 2.92. The Balaban J connectivity index is 1.75. The van der Waals surface area contributed by atoms with E-state index >= 15 is 0 Å². The topological polar surface area (TPSA) is 85.8 Å². The molecule has 6 nitrogen and oxygen atoms in total. The average molecular weight is 279 g/mol. The molecular formula is C15H13N5O. The summed E-state index contributed by atoms with van der Waals surface area (Å²) in [5.41, 5.74) is 7.34. The van der Waals surface area contributed by atoms with Crippen LogP contribution >= 0.6 is 0 Å². The largest absolute Gasteiger partial charge is 0.399 e.